The van der Waals surface area contributed by atoms with Gasteiger partial charge in [0.05, 0.1) is 23.0 Å². The molecule has 0 aliphatic rings. The molecule has 2 aromatic heterocycles. The van der Waals surface area contributed by atoms with Crippen molar-refractivity contribution in [1.29, 1.82) is 0 Å². The van der Waals surface area contributed by atoms with E-state index in [1.807, 2.05) is 6.07 Å². The van der Waals surface area contributed by atoms with Gasteiger partial charge in [0, 0.05) is 13.1 Å². The fourth-order valence-electron chi connectivity index (χ4n) is 2.15. The standard InChI is InChI=1S/C14H12Cl3N5O/c15-9-2-1-8(5-10(9)16)6-18-12-11-13(21-14(17)20-12)22(3-4-23)7-19-11/h1-2,5,7,23H,3-4,6H2,(H,18,20,21). The molecule has 1 aromatic carbocycles. The summed E-state index contributed by atoms with van der Waals surface area (Å²) in [7, 11) is 0. The van der Waals surface area contributed by atoms with E-state index >= 15 is 0 Å². The minimum atomic E-state index is -0.0148. The molecule has 0 radical (unpaired) electrons. The number of benzene rings is 1. The number of hydrogen-bond acceptors (Lipinski definition) is 5. The highest BCUT2D eigenvalue weighted by Crippen LogP contribution is 2.24. The number of nitrogens with one attached hydrogen (secondary N) is 1. The first kappa shape index (κ1) is 16.3. The third-order valence-corrected chi connectivity index (χ3v) is 4.13. The number of hydrogen-bond donors (Lipinski definition) is 2. The molecule has 0 aliphatic carbocycles. The Labute approximate surface area is 147 Å². The van der Waals surface area contributed by atoms with Gasteiger partial charge in [0.15, 0.2) is 17.0 Å². The molecule has 0 fully saturated rings. The van der Waals surface area contributed by atoms with Gasteiger partial charge in [-0.2, -0.15) is 9.97 Å². The summed E-state index contributed by atoms with van der Waals surface area (Å²) in [6, 6.07) is 5.38. The van der Waals surface area contributed by atoms with Crippen LogP contribution in [-0.2, 0) is 13.1 Å². The number of nitrogens with zero attached hydrogens (tertiary/aromatic N) is 4. The van der Waals surface area contributed by atoms with E-state index in [-0.39, 0.29) is 11.9 Å². The molecule has 0 spiro atoms. The predicted molar refractivity (Wildman–Crippen MR) is 91.2 cm³/mol. The Morgan fingerprint density at radius 1 is 1.13 bits per heavy atom. The fraction of sp³-hybridized carbons (Fsp3) is 0.214. The van der Waals surface area contributed by atoms with Crippen LogP contribution in [0, 0.1) is 0 Å². The zero-order valence-electron chi connectivity index (χ0n) is 11.8. The van der Waals surface area contributed by atoms with Crippen LogP contribution in [0.2, 0.25) is 15.3 Å². The van der Waals surface area contributed by atoms with Crippen LogP contribution < -0.4 is 5.32 Å². The molecule has 3 aromatic rings. The third-order valence-electron chi connectivity index (χ3n) is 3.22. The van der Waals surface area contributed by atoms with E-state index in [0.717, 1.165) is 5.56 Å². The summed E-state index contributed by atoms with van der Waals surface area (Å²) in [4.78, 5) is 12.6. The molecular formula is C14H12Cl3N5O. The molecular weight excluding hydrogens is 361 g/mol. The molecule has 0 bridgehead atoms. The number of fused-ring (bicyclic) bond motifs is 1. The van der Waals surface area contributed by atoms with Gasteiger partial charge in [-0.25, -0.2) is 4.98 Å². The summed E-state index contributed by atoms with van der Waals surface area (Å²) in [5.41, 5.74) is 2.09. The summed E-state index contributed by atoms with van der Waals surface area (Å²) in [5.74, 6) is 0.516. The molecule has 6 nitrogen and oxygen atoms in total. The van der Waals surface area contributed by atoms with Crippen LogP contribution in [0.5, 0.6) is 0 Å². The second-order valence-corrected chi connectivity index (χ2v) is 5.93. The van der Waals surface area contributed by atoms with Crippen molar-refractivity contribution < 1.29 is 5.11 Å². The minimum Gasteiger partial charge on any atom is -0.395 e. The molecule has 2 N–H and O–H groups in total. The zero-order chi connectivity index (χ0) is 16.4. The van der Waals surface area contributed by atoms with Gasteiger partial charge in [0.2, 0.25) is 5.28 Å². The van der Waals surface area contributed by atoms with Crippen molar-refractivity contribution in [2.24, 2.45) is 0 Å². The van der Waals surface area contributed by atoms with E-state index in [1.165, 1.54) is 0 Å². The number of aromatic nitrogens is 4. The quantitative estimate of drug-likeness (QED) is 0.671. The third kappa shape index (κ3) is 3.50. The van der Waals surface area contributed by atoms with Crippen molar-refractivity contribution in [3.8, 4) is 0 Å². The maximum Gasteiger partial charge on any atom is 0.226 e. The van der Waals surface area contributed by atoms with Gasteiger partial charge in [-0.3, -0.25) is 0 Å². The van der Waals surface area contributed by atoms with Gasteiger partial charge in [-0.05, 0) is 29.3 Å². The van der Waals surface area contributed by atoms with E-state index in [4.69, 9.17) is 39.9 Å². The Morgan fingerprint density at radius 2 is 1.96 bits per heavy atom. The SMILES string of the molecule is OCCn1cnc2c(NCc3ccc(Cl)c(Cl)c3)nc(Cl)nc21. The Hall–Kier alpha value is -1.60. The maximum absolute atomic E-state index is 9.07. The number of aliphatic hydroxyl groups excluding tert-OH is 1. The summed E-state index contributed by atoms with van der Waals surface area (Å²) >= 11 is 17.9. The molecule has 23 heavy (non-hydrogen) atoms. The van der Waals surface area contributed by atoms with Crippen LogP contribution in [0.15, 0.2) is 24.5 Å². The lowest BCUT2D eigenvalue weighted by Gasteiger charge is -2.08. The summed E-state index contributed by atoms with van der Waals surface area (Å²) in [5, 5.41) is 13.3. The number of imidazole rings is 1. The van der Waals surface area contributed by atoms with E-state index in [2.05, 4.69) is 20.3 Å². The van der Waals surface area contributed by atoms with E-state index in [9.17, 15) is 0 Å². The molecule has 120 valence electrons. The van der Waals surface area contributed by atoms with Crippen LogP contribution in [0.3, 0.4) is 0 Å². The van der Waals surface area contributed by atoms with Crippen molar-refractivity contribution in [3.05, 3.63) is 45.4 Å². The molecule has 0 saturated carbocycles. The lowest BCUT2D eigenvalue weighted by Crippen LogP contribution is -2.05. The molecule has 0 atom stereocenters. The topological polar surface area (TPSA) is 75.9 Å². The van der Waals surface area contributed by atoms with E-state index < -0.39 is 0 Å². The molecule has 0 saturated heterocycles. The number of rotatable bonds is 5. The van der Waals surface area contributed by atoms with Crippen molar-refractivity contribution in [2.75, 3.05) is 11.9 Å². The largest absolute Gasteiger partial charge is 0.395 e. The van der Waals surface area contributed by atoms with Crippen molar-refractivity contribution in [2.45, 2.75) is 13.1 Å². The Bertz CT molecular complexity index is 852. The van der Waals surface area contributed by atoms with E-state index in [1.54, 1.807) is 23.0 Å². The molecule has 9 heteroatoms. The molecule has 0 aliphatic heterocycles. The fourth-order valence-corrected chi connectivity index (χ4v) is 2.63. The zero-order valence-corrected chi connectivity index (χ0v) is 14.1. The van der Waals surface area contributed by atoms with Gasteiger partial charge in [0.1, 0.15) is 0 Å². The van der Waals surface area contributed by atoms with E-state index in [0.29, 0.717) is 40.1 Å². The van der Waals surface area contributed by atoms with Gasteiger partial charge < -0.3 is 15.0 Å². The maximum atomic E-state index is 9.07. The molecule has 0 amide bonds. The number of anilines is 1. The van der Waals surface area contributed by atoms with Crippen LogP contribution in [0.4, 0.5) is 5.82 Å². The first-order valence-electron chi connectivity index (χ1n) is 6.75. The lowest BCUT2D eigenvalue weighted by molar-refractivity contribution is 0.277. The van der Waals surface area contributed by atoms with Crippen molar-refractivity contribution in [3.63, 3.8) is 0 Å². The van der Waals surface area contributed by atoms with Gasteiger partial charge >= 0.3 is 0 Å². The second kappa shape index (κ2) is 6.88. The first-order valence-corrected chi connectivity index (χ1v) is 7.89. The smallest absolute Gasteiger partial charge is 0.226 e. The Kier molecular flexibility index (Phi) is 4.87. The molecule has 2 heterocycles. The summed E-state index contributed by atoms with van der Waals surface area (Å²) in [6.07, 6.45) is 1.59. The highest BCUT2D eigenvalue weighted by molar-refractivity contribution is 6.42. The number of aliphatic hydroxyl groups is 1. The average Bonchev–Trinajstić information content (AvgIpc) is 2.92. The monoisotopic (exact) mass is 371 g/mol. The Balaban J connectivity index is 1.88. The molecule has 0 unspecified atom stereocenters. The Morgan fingerprint density at radius 3 is 2.70 bits per heavy atom. The van der Waals surface area contributed by atoms with Gasteiger partial charge in [-0.15, -0.1) is 0 Å². The predicted octanol–water partition coefficient (Wildman–Crippen LogP) is 3.39. The van der Waals surface area contributed by atoms with Crippen molar-refractivity contribution >= 4 is 51.8 Å². The highest BCUT2D eigenvalue weighted by atomic mass is 35.5. The number of halogens is 3. The first-order chi connectivity index (χ1) is 11.1. The normalized spacial score (nSPS) is 11.1. The molecule has 3 rings (SSSR count). The van der Waals surface area contributed by atoms with Gasteiger partial charge in [-0.1, -0.05) is 29.3 Å². The van der Waals surface area contributed by atoms with Crippen molar-refractivity contribution in [1.82, 2.24) is 19.5 Å². The average molecular weight is 373 g/mol. The summed E-state index contributed by atoms with van der Waals surface area (Å²) < 4.78 is 1.72. The van der Waals surface area contributed by atoms with Crippen LogP contribution in [0.1, 0.15) is 5.56 Å². The highest BCUT2D eigenvalue weighted by Gasteiger charge is 2.12. The second-order valence-electron chi connectivity index (χ2n) is 4.78. The van der Waals surface area contributed by atoms with Gasteiger partial charge in [0.25, 0.3) is 0 Å². The van der Waals surface area contributed by atoms with Crippen LogP contribution >= 0.6 is 34.8 Å². The van der Waals surface area contributed by atoms with Crippen LogP contribution in [-0.4, -0.2) is 31.2 Å². The summed E-state index contributed by atoms with van der Waals surface area (Å²) in [6.45, 7) is 0.849. The van der Waals surface area contributed by atoms with Crippen LogP contribution in [0.25, 0.3) is 11.2 Å². The minimum absolute atomic E-state index is 0.0148. The lowest BCUT2D eigenvalue weighted by atomic mass is 10.2.